The van der Waals surface area contributed by atoms with Crippen molar-refractivity contribution in [3.63, 3.8) is 0 Å². The molecule has 0 spiro atoms. The highest BCUT2D eigenvalue weighted by Crippen LogP contribution is 2.16. The summed E-state index contributed by atoms with van der Waals surface area (Å²) in [4.78, 5) is 16.7. The number of fused-ring (bicyclic) bond motifs is 1. The molecule has 4 heteroatoms. The van der Waals surface area contributed by atoms with Crippen LogP contribution in [-0.2, 0) is 0 Å². The molecule has 0 aliphatic carbocycles. The quantitative estimate of drug-likeness (QED) is 0.785. The van der Waals surface area contributed by atoms with Crippen molar-refractivity contribution >= 4 is 28.4 Å². The fourth-order valence-corrected chi connectivity index (χ4v) is 2.84. The van der Waals surface area contributed by atoms with Gasteiger partial charge in [-0.3, -0.25) is 9.78 Å². The number of carbonyl (C=O) groups excluding carboxylic acids is 1. The normalized spacial score (nSPS) is 12.3. The summed E-state index contributed by atoms with van der Waals surface area (Å²) in [5.74, 6) is 1.02. The number of aromatic nitrogens is 1. The Morgan fingerprint density at radius 3 is 2.86 bits per heavy atom. The first-order valence-corrected chi connectivity index (χ1v) is 7.97. The number of halogens is 1. The third-order valence-corrected chi connectivity index (χ3v) is 3.86. The van der Waals surface area contributed by atoms with Gasteiger partial charge in [-0.2, -0.15) is 0 Å². The van der Waals surface area contributed by atoms with Crippen molar-refractivity contribution in [2.45, 2.75) is 26.2 Å². The van der Waals surface area contributed by atoms with Crippen LogP contribution in [-0.4, -0.2) is 23.3 Å². The van der Waals surface area contributed by atoms with Gasteiger partial charge in [0, 0.05) is 24.0 Å². The van der Waals surface area contributed by atoms with E-state index in [2.05, 4.69) is 17.2 Å². The number of amides is 1. The number of alkyl halides is 1. The van der Waals surface area contributed by atoms with Crippen molar-refractivity contribution < 1.29 is 4.79 Å². The minimum absolute atomic E-state index is 0.0602. The topological polar surface area (TPSA) is 42.0 Å². The van der Waals surface area contributed by atoms with E-state index >= 15 is 0 Å². The zero-order valence-corrected chi connectivity index (χ0v) is 13.1. The van der Waals surface area contributed by atoms with Gasteiger partial charge in [0.1, 0.15) is 0 Å². The van der Waals surface area contributed by atoms with Gasteiger partial charge in [-0.1, -0.05) is 31.5 Å². The van der Waals surface area contributed by atoms with Gasteiger partial charge in [0.2, 0.25) is 0 Å². The summed E-state index contributed by atoms with van der Waals surface area (Å²) in [5.41, 5.74) is 1.39. The molecular formula is C17H21ClN2O. The second-order valence-corrected chi connectivity index (χ2v) is 5.60. The number of rotatable bonds is 7. The predicted octanol–water partition coefficient (Wildman–Crippen LogP) is 4.01. The molecule has 21 heavy (non-hydrogen) atoms. The zero-order chi connectivity index (χ0) is 15.1. The Labute approximate surface area is 130 Å². The van der Waals surface area contributed by atoms with E-state index in [4.69, 9.17) is 11.6 Å². The molecule has 2 aromatic rings. The summed E-state index contributed by atoms with van der Waals surface area (Å²) >= 11 is 5.82. The zero-order valence-electron chi connectivity index (χ0n) is 12.3. The van der Waals surface area contributed by atoms with Gasteiger partial charge in [-0.15, -0.1) is 11.6 Å². The molecule has 1 unspecified atom stereocenters. The number of nitrogens with one attached hydrogen (secondary N) is 1. The highest BCUT2D eigenvalue weighted by atomic mass is 35.5. The Morgan fingerprint density at radius 2 is 2.10 bits per heavy atom. The summed E-state index contributed by atoms with van der Waals surface area (Å²) in [5, 5.41) is 4.01. The Bertz CT molecular complexity index is 589. The summed E-state index contributed by atoms with van der Waals surface area (Å²) in [6.45, 7) is 2.82. The van der Waals surface area contributed by atoms with Crippen molar-refractivity contribution in [3.8, 4) is 0 Å². The van der Waals surface area contributed by atoms with Crippen molar-refractivity contribution in [2.24, 2.45) is 5.92 Å². The van der Waals surface area contributed by atoms with E-state index in [1.165, 1.54) is 0 Å². The minimum atomic E-state index is -0.0602. The van der Waals surface area contributed by atoms with Gasteiger partial charge >= 0.3 is 0 Å². The molecule has 1 aromatic heterocycles. The molecule has 0 bridgehead atoms. The van der Waals surface area contributed by atoms with Crippen molar-refractivity contribution in [2.75, 3.05) is 12.4 Å². The summed E-state index contributed by atoms with van der Waals surface area (Å²) in [7, 11) is 0. The number of para-hydroxylation sites is 1. The highest BCUT2D eigenvalue weighted by molar-refractivity contribution is 6.17. The standard InChI is InChI=1S/C17H21ClN2O/c1-2-5-13(9-10-18)12-20-17(21)15-8-3-6-14-7-4-11-19-16(14)15/h3-4,6-8,11,13H,2,5,9-10,12H2,1H3,(H,20,21). The molecular weight excluding hydrogens is 284 g/mol. The first-order valence-electron chi connectivity index (χ1n) is 7.44. The molecule has 1 atom stereocenters. The van der Waals surface area contributed by atoms with E-state index in [1.54, 1.807) is 6.20 Å². The van der Waals surface area contributed by atoms with Crippen LogP contribution in [0.5, 0.6) is 0 Å². The van der Waals surface area contributed by atoms with E-state index in [0.717, 1.165) is 30.2 Å². The van der Waals surface area contributed by atoms with Crippen LogP contribution in [0.3, 0.4) is 0 Å². The lowest BCUT2D eigenvalue weighted by molar-refractivity contribution is 0.0947. The van der Waals surface area contributed by atoms with Gasteiger partial charge in [0.15, 0.2) is 0 Å². The van der Waals surface area contributed by atoms with E-state index in [9.17, 15) is 4.79 Å². The van der Waals surface area contributed by atoms with Crippen molar-refractivity contribution in [1.29, 1.82) is 0 Å². The van der Waals surface area contributed by atoms with Crippen LogP contribution in [0.25, 0.3) is 10.9 Å². The Kier molecular flexibility index (Phi) is 6.00. The van der Waals surface area contributed by atoms with Gasteiger partial charge in [0.25, 0.3) is 5.91 Å². The van der Waals surface area contributed by atoms with Crippen molar-refractivity contribution in [3.05, 3.63) is 42.1 Å². The third kappa shape index (κ3) is 4.18. The molecule has 2 rings (SSSR count). The number of carbonyl (C=O) groups is 1. The SMILES string of the molecule is CCCC(CCCl)CNC(=O)c1cccc2cccnc12. The molecule has 0 aliphatic rings. The number of hydrogen-bond acceptors (Lipinski definition) is 2. The number of pyridine rings is 1. The molecule has 1 amide bonds. The summed E-state index contributed by atoms with van der Waals surface area (Å²) in [6.07, 6.45) is 4.84. The molecule has 0 saturated carbocycles. The van der Waals surface area contributed by atoms with E-state index in [1.807, 2.05) is 30.3 Å². The molecule has 0 fully saturated rings. The maximum atomic E-state index is 12.4. The fourth-order valence-electron chi connectivity index (χ4n) is 2.53. The number of nitrogens with zero attached hydrogens (tertiary/aromatic N) is 1. The monoisotopic (exact) mass is 304 g/mol. The first-order chi connectivity index (χ1) is 10.3. The fraction of sp³-hybridized carbons (Fsp3) is 0.412. The largest absolute Gasteiger partial charge is 0.352 e. The second-order valence-electron chi connectivity index (χ2n) is 5.22. The number of benzene rings is 1. The molecule has 112 valence electrons. The Morgan fingerprint density at radius 1 is 1.29 bits per heavy atom. The molecule has 0 aliphatic heterocycles. The van der Waals surface area contributed by atoms with Crippen LogP contribution in [0.4, 0.5) is 0 Å². The molecule has 3 nitrogen and oxygen atoms in total. The number of hydrogen-bond donors (Lipinski definition) is 1. The maximum absolute atomic E-state index is 12.4. The lowest BCUT2D eigenvalue weighted by Gasteiger charge is -2.16. The third-order valence-electron chi connectivity index (χ3n) is 3.64. The predicted molar refractivity (Wildman–Crippen MR) is 87.8 cm³/mol. The van der Waals surface area contributed by atoms with Gasteiger partial charge in [-0.05, 0) is 30.9 Å². The summed E-state index contributed by atoms with van der Waals surface area (Å²) in [6, 6.07) is 9.52. The van der Waals surface area contributed by atoms with Crippen LogP contribution >= 0.6 is 11.6 Å². The molecule has 0 radical (unpaired) electrons. The van der Waals surface area contributed by atoms with Crippen LogP contribution in [0.2, 0.25) is 0 Å². The average Bonchev–Trinajstić information content (AvgIpc) is 2.52. The lowest BCUT2D eigenvalue weighted by atomic mass is 10.0. The van der Waals surface area contributed by atoms with Gasteiger partial charge < -0.3 is 5.32 Å². The lowest BCUT2D eigenvalue weighted by Crippen LogP contribution is -2.29. The molecule has 1 N–H and O–H groups in total. The Hall–Kier alpha value is -1.61. The molecule has 1 heterocycles. The Balaban J connectivity index is 2.08. The van der Waals surface area contributed by atoms with Crippen LogP contribution in [0.1, 0.15) is 36.5 Å². The highest BCUT2D eigenvalue weighted by Gasteiger charge is 2.13. The van der Waals surface area contributed by atoms with Crippen LogP contribution in [0.15, 0.2) is 36.5 Å². The first kappa shape index (κ1) is 15.8. The van der Waals surface area contributed by atoms with Gasteiger partial charge in [0.05, 0.1) is 11.1 Å². The van der Waals surface area contributed by atoms with E-state index in [-0.39, 0.29) is 5.91 Å². The van der Waals surface area contributed by atoms with Crippen LogP contribution in [0, 0.1) is 5.92 Å². The average molecular weight is 305 g/mol. The van der Waals surface area contributed by atoms with Crippen LogP contribution < -0.4 is 5.32 Å². The minimum Gasteiger partial charge on any atom is -0.352 e. The smallest absolute Gasteiger partial charge is 0.253 e. The molecule has 0 saturated heterocycles. The maximum Gasteiger partial charge on any atom is 0.253 e. The van der Waals surface area contributed by atoms with Crippen molar-refractivity contribution in [1.82, 2.24) is 10.3 Å². The second kappa shape index (κ2) is 7.99. The summed E-state index contributed by atoms with van der Waals surface area (Å²) < 4.78 is 0. The van der Waals surface area contributed by atoms with E-state index in [0.29, 0.717) is 23.9 Å². The van der Waals surface area contributed by atoms with E-state index < -0.39 is 0 Å². The molecule has 1 aromatic carbocycles. The van der Waals surface area contributed by atoms with Gasteiger partial charge in [-0.25, -0.2) is 0 Å².